The quantitative estimate of drug-likeness (QED) is 0.537. The summed E-state index contributed by atoms with van der Waals surface area (Å²) in [6, 6.07) is 8.50. The molecule has 1 aromatic heterocycles. The number of hydrogen-bond donors (Lipinski definition) is 2. The van der Waals surface area contributed by atoms with Crippen molar-refractivity contribution in [2.24, 2.45) is 11.8 Å². The molecular weight excluding hydrogens is 483 g/mol. The van der Waals surface area contributed by atoms with E-state index in [9.17, 15) is 27.9 Å². The molecule has 3 aliphatic carbocycles. The Morgan fingerprint density at radius 3 is 2.68 bits per heavy atom. The molecule has 9 heteroatoms. The van der Waals surface area contributed by atoms with Crippen molar-refractivity contribution < 1.29 is 27.9 Å². The Morgan fingerprint density at radius 2 is 1.97 bits per heavy atom. The lowest BCUT2D eigenvalue weighted by molar-refractivity contribution is -0.137. The molecule has 1 amide bonds. The van der Waals surface area contributed by atoms with Crippen LogP contribution in [0.5, 0.6) is 0 Å². The fraction of sp³-hybridized carbons (Fsp3) is 0.536. The molecule has 2 bridgehead atoms. The molecule has 4 fully saturated rings. The van der Waals surface area contributed by atoms with E-state index in [1.165, 1.54) is 12.1 Å². The van der Waals surface area contributed by atoms with Gasteiger partial charge in [-0.2, -0.15) is 13.2 Å². The van der Waals surface area contributed by atoms with Crippen molar-refractivity contribution >= 4 is 11.7 Å². The molecule has 2 heterocycles. The van der Waals surface area contributed by atoms with E-state index < -0.39 is 23.1 Å². The highest BCUT2D eigenvalue weighted by atomic mass is 19.4. The van der Waals surface area contributed by atoms with E-state index in [2.05, 4.69) is 15.2 Å². The Labute approximate surface area is 214 Å². The number of halogens is 3. The summed E-state index contributed by atoms with van der Waals surface area (Å²) >= 11 is 0. The Kier molecular flexibility index (Phi) is 7.11. The van der Waals surface area contributed by atoms with Gasteiger partial charge in [0.25, 0.3) is 0 Å². The molecule has 1 aliphatic heterocycles. The fourth-order valence-corrected chi connectivity index (χ4v) is 6.61. The van der Waals surface area contributed by atoms with Gasteiger partial charge in [-0.3, -0.25) is 19.5 Å². The summed E-state index contributed by atoms with van der Waals surface area (Å²) in [7, 11) is 0. The van der Waals surface area contributed by atoms with E-state index in [-0.39, 0.29) is 36.3 Å². The number of benzene rings is 1. The number of fused-ring (bicyclic) bond motifs is 3. The van der Waals surface area contributed by atoms with Crippen LogP contribution in [-0.4, -0.2) is 51.9 Å². The summed E-state index contributed by atoms with van der Waals surface area (Å²) in [6.07, 6.45) is 3.32. The SMILES string of the molecule is O=C(CCC(=O)c1cccc(C(F)(F)F)c1)N[C@@H]1CCN(C2CC3CCC2CC3(O)c2cccnc2)C1. The molecular formula is C28H32F3N3O3. The molecule has 6 rings (SSSR count). The Bertz CT molecular complexity index is 1140. The molecule has 4 unspecified atom stereocenters. The summed E-state index contributed by atoms with van der Waals surface area (Å²) in [5, 5.41) is 14.5. The van der Waals surface area contributed by atoms with Crippen LogP contribution in [0.25, 0.3) is 0 Å². The maximum Gasteiger partial charge on any atom is 0.416 e. The van der Waals surface area contributed by atoms with Gasteiger partial charge >= 0.3 is 6.18 Å². The zero-order valence-corrected chi connectivity index (χ0v) is 20.6. The summed E-state index contributed by atoms with van der Waals surface area (Å²) in [4.78, 5) is 31.5. The number of pyridine rings is 1. The van der Waals surface area contributed by atoms with Gasteiger partial charge in [0.15, 0.2) is 5.78 Å². The third-order valence-corrected chi connectivity index (χ3v) is 8.51. The van der Waals surface area contributed by atoms with Crippen molar-refractivity contribution in [2.45, 2.75) is 68.8 Å². The first kappa shape index (κ1) is 25.9. The first-order valence-electron chi connectivity index (χ1n) is 13.0. The van der Waals surface area contributed by atoms with Crippen LogP contribution in [0.15, 0.2) is 48.8 Å². The minimum atomic E-state index is -4.52. The zero-order valence-electron chi connectivity index (χ0n) is 20.6. The monoisotopic (exact) mass is 515 g/mol. The zero-order chi connectivity index (χ0) is 26.2. The summed E-state index contributed by atoms with van der Waals surface area (Å²) in [5.74, 6) is -0.172. The number of likely N-dealkylation sites (tertiary alicyclic amines) is 1. The predicted octanol–water partition coefficient (Wildman–Crippen LogP) is 4.33. The van der Waals surface area contributed by atoms with Gasteiger partial charge in [-0.15, -0.1) is 0 Å². The van der Waals surface area contributed by atoms with Gasteiger partial charge in [0.1, 0.15) is 0 Å². The number of ketones is 1. The minimum absolute atomic E-state index is 0.0196. The maximum atomic E-state index is 12.9. The van der Waals surface area contributed by atoms with Crippen molar-refractivity contribution in [3.8, 4) is 0 Å². The molecule has 1 saturated heterocycles. The molecule has 198 valence electrons. The Hall–Kier alpha value is -2.78. The van der Waals surface area contributed by atoms with Crippen molar-refractivity contribution in [3.63, 3.8) is 0 Å². The highest BCUT2D eigenvalue weighted by Gasteiger charge is 2.53. The topological polar surface area (TPSA) is 82.5 Å². The van der Waals surface area contributed by atoms with Gasteiger partial charge in [0, 0.05) is 61.5 Å². The van der Waals surface area contributed by atoms with Crippen LogP contribution in [0.4, 0.5) is 13.2 Å². The molecule has 3 saturated carbocycles. The second-order valence-electron chi connectivity index (χ2n) is 10.8. The van der Waals surface area contributed by atoms with Crippen LogP contribution >= 0.6 is 0 Å². The highest BCUT2D eigenvalue weighted by molar-refractivity contribution is 5.98. The molecule has 4 aliphatic rings. The summed E-state index contributed by atoms with van der Waals surface area (Å²) in [5.41, 5.74) is -0.834. The molecule has 1 aromatic carbocycles. The third-order valence-electron chi connectivity index (χ3n) is 8.51. The van der Waals surface area contributed by atoms with Gasteiger partial charge in [0.2, 0.25) is 5.91 Å². The van der Waals surface area contributed by atoms with Gasteiger partial charge in [-0.1, -0.05) is 18.2 Å². The van der Waals surface area contributed by atoms with Gasteiger partial charge < -0.3 is 10.4 Å². The number of hydrogen-bond acceptors (Lipinski definition) is 5. The fourth-order valence-electron chi connectivity index (χ4n) is 6.61. The van der Waals surface area contributed by atoms with Gasteiger partial charge in [-0.25, -0.2) is 0 Å². The lowest BCUT2D eigenvalue weighted by atomic mass is 9.58. The van der Waals surface area contributed by atoms with E-state index in [0.29, 0.717) is 12.0 Å². The number of aliphatic hydroxyl groups is 1. The number of carbonyl (C=O) groups excluding carboxylic acids is 2. The average molecular weight is 516 g/mol. The normalized spacial score (nSPS) is 29.8. The number of amides is 1. The van der Waals surface area contributed by atoms with E-state index in [4.69, 9.17) is 0 Å². The lowest BCUT2D eigenvalue weighted by Gasteiger charge is -2.54. The molecule has 6 nitrogen and oxygen atoms in total. The first-order valence-corrected chi connectivity index (χ1v) is 13.0. The van der Waals surface area contributed by atoms with Crippen LogP contribution < -0.4 is 5.32 Å². The smallest absolute Gasteiger partial charge is 0.385 e. The van der Waals surface area contributed by atoms with E-state index in [1.807, 2.05) is 12.1 Å². The number of alkyl halides is 3. The standard InChI is InChI=1S/C28H32F3N3O3/c29-28(30,31)21-4-1-3-18(13-21)25(35)8-9-26(36)33-23-10-12-34(17-23)24-14-20-7-6-19(24)15-27(20,37)22-5-2-11-32-16-22/h1-5,11,13,16,19-20,23-24,37H,6-10,12,14-15,17H2,(H,33,36)/t19?,20?,23-,24?,27?/m1/s1. The molecule has 5 atom stereocenters. The van der Waals surface area contributed by atoms with Crippen molar-refractivity contribution in [3.05, 3.63) is 65.5 Å². The van der Waals surface area contributed by atoms with E-state index >= 15 is 0 Å². The number of nitrogens with one attached hydrogen (secondary N) is 1. The number of carbonyl (C=O) groups is 2. The maximum absolute atomic E-state index is 12.9. The Morgan fingerprint density at radius 1 is 1.14 bits per heavy atom. The predicted molar refractivity (Wildman–Crippen MR) is 130 cm³/mol. The second-order valence-corrected chi connectivity index (χ2v) is 10.8. The highest BCUT2D eigenvalue weighted by Crippen LogP contribution is 2.53. The van der Waals surface area contributed by atoms with Crippen molar-refractivity contribution in [1.29, 1.82) is 0 Å². The van der Waals surface area contributed by atoms with Gasteiger partial charge in [0.05, 0.1) is 11.2 Å². The van der Waals surface area contributed by atoms with Crippen LogP contribution in [0.2, 0.25) is 0 Å². The molecule has 0 spiro atoms. The number of Topliss-reactive ketones (excluding diaryl/α,β-unsaturated/α-hetero) is 1. The molecule has 37 heavy (non-hydrogen) atoms. The molecule has 2 aromatic rings. The van der Waals surface area contributed by atoms with Crippen LogP contribution in [0.1, 0.15) is 66.4 Å². The van der Waals surface area contributed by atoms with Gasteiger partial charge in [-0.05, 0) is 62.1 Å². The average Bonchev–Trinajstić information content (AvgIpc) is 3.36. The van der Waals surface area contributed by atoms with Crippen LogP contribution in [-0.2, 0) is 16.6 Å². The number of nitrogens with zero attached hydrogens (tertiary/aromatic N) is 2. The lowest BCUT2D eigenvalue weighted by Crippen LogP contribution is -2.56. The number of aromatic nitrogens is 1. The third kappa shape index (κ3) is 5.43. The largest absolute Gasteiger partial charge is 0.416 e. The Balaban J connectivity index is 1.11. The van der Waals surface area contributed by atoms with Crippen LogP contribution in [0, 0.1) is 11.8 Å². The molecule has 0 radical (unpaired) electrons. The van der Waals surface area contributed by atoms with E-state index in [0.717, 1.165) is 62.9 Å². The first-order chi connectivity index (χ1) is 17.6. The van der Waals surface area contributed by atoms with Crippen LogP contribution in [0.3, 0.4) is 0 Å². The summed E-state index contributed by atoms with van der Waals surface area (Å²) < 4.78 is 38.7. The van der Waals surface area contributed by atoms with Crippen molar-refractivity contribution in [2.75, 3.05) is 13.1 Å². The van der Waals surface area contributed by atoms with Crippen molar-refractivity contribution in [1.82, 2.24) is 15.2 Å². The summed E-state index contributed by atoms with van der Waals surface area (Å²) in [6.45, 7) is 1.60. The van der Waals surface area contributed by atoms with E-state index in [1.54, 1.807) is 12.4 Å². The molecule has 2 N–H and O–H groups in total. The second kappa shape index (κ2) is 10.2. The minimum Gasteiger partial charge on any atom is -0.385 e. The number of rotatable bonds is 7.